The van der Waals surface area contributed by atoms with Crippen LogP contribution in [0.25, 0.3) is 0 Å². The highest BCUT2D eigenvalue weighted by atomic mass is 16.5. The Labute approximate surface area is 101 Å². The predicted octanol–water partition coefficient (Wildman–Crippen LogP) is 1.31. The van der Waals surface area contributed by atoms with Crippen molar-refractivity contribution in [1.29, 1.82) is 0 Å². The van der Waals surface area contributed by atoms with Crippen LogP contribution >= 0.6 is 0 Å². The van der Waals surface area contributed by atoms with Crippen LogP contribution in [-0.2, 0) is 0 Å². The molecular weight excluding hydrogens is 216 g/mol. The van der Waals surface area contributed by atoms with Crippen LogP contribution in [0.2, 0.25) is 0 Å². The molecule has 1 aliphatic rings. The summed E-state index contributed by atoms with van der Waals surface area (Å²) in [5.41, 5.74) is 6.15. The molecule has 1 fully saturated rings. The van der Waals surface area contributed by atoms with Gasteiger partial charge in [-0.05, 0) is 37.5 Å². The van der Waals surface area contributed by atoms with Crippen molar-refractivity contribution in [2.75, 3.05) is 13.7 Å². The Balaban J connectivity index is 2.08. The maximum Gasteiger partial charge on any atom is 0.251 e. The molecule has 17 heavy (non-hydrogen) atoms. The van der Waals surface area contributed by atoms with Crippen molar-refractivity contribution in [3.63, 3.8) is 0 Å². The summed E-state index contributed by atoms with van der Waals surface area (Å²) < 4.78 is 5.10. The van der Waals surface area contributed by atoms with E-state index in [0.717, 1.165) is 19.3 Å². The van der Waals surface area contributed by atoms with E-state index in [2.05, 4.69) is 5.32 Å². The van der Waals surface area contributed by atoms with Crippen LogP contribution in [0.5, 0.6) is 5.75 Å². The first kappa shape index (κ1) is 11.9. The first-order chi connectivity index (χ1) is 8.19. The second-order valence-corrected chi connectivity index (χ2v) is 4.52. The summed E-state index contributed by atoms with van der Waals surface area (Å²) in [5.74, 6) is 0.613. The molecule has 0 radical (unpaired) electrons. The molecule has 1 aromatic rings. The molecule has 0 aromatic heterocycles. The van der Waals surface area contributed by atoms with Gasteiger partial charge in [0.15, 0.2) is 0 Å². The molecule has 1 amide bonds. The minimum atomic E-state index is -0.180. The van der Waals surface area contributed by atoms with Gasteiger partial charge < -0.3 is 15.8 Å². The number of amides is 1. The number of nitrogens with two attached hydrogens (primary N) is 1. The maximum atomic E-state index is 12.1. The van der Waals surface area contributed by atoms with Gasteiger partial charge in [0.25, 0.3) is 5.91 Å². The number of nitrogens with one attached hydrogen (secondary N) is 1. The normalized spacial score (nSPS) is 17.1. The maximum absolute atomic E-state index is 12.1. The van der Waals surface area contributed by atoms with Crippen LogP contribution in [0.3, 0.4) is 0 Å². The Hall–Kier alpha value is -1.55. The fraction of sp³-hybridized carbons (Fsp3) is 0.462. The largest absolute Gasteiger partial charge is 0.497 e. The molecular formula is C13H18N2O2. The Morgan fingerprint density at radius 3 is 2.82 bits per heavy atom. The second kappa shape index (κ2) is 4.75. The van der Waals surface area contributed by atoms with E-state index < -0.39 is 0 Å². The molecule has 3 N–H and O–H groups in total. The topological polar surface area (TPSA) is 64.3 Å². The van der Waals surface area contributed by atoms with E-state index in [1.54, 1.807) is 19.2 Å². The first-order valence-electron chi connectivity index (χ1n) is 5.86. The third kappa shape index (κ3) is 2.42. The summed E-state index contributed by atoms with van der Waals surface area (Å²) in [6, 6.07) is 7.14. The van der Waals surface area contributed by atoms with Gasteiger partial charge in [-0.25, -0.2) is 0 Å². The van der Waals surface area contributed by atoms with Gasteiger partial charge in [-0.3, -0.25) is 4.79 Å². The van der Waals surface area contributed by atoms with Gasteiger partial charge in [0.1, 0.15) is 5.75 Å². The molecule has 0 bridgehead atoms. The molecule has 0 atom stereocenters. The molecule has 92 valence electrons. The van der Waals surface area contributed by atoms with Crippen molar-refractivity contribution in [2.45, 2.75) is 24.8 Å². The Morgan fingerprint density at radius 2 is 2.29 bits per heavy atom. The van der Waals surface area contributed by atoms with Crippen molar-refractivity contribution in [2.24, 2.45) is 5.73 Å². The lowest BCUT2D eigenvalue weighted by Crippen LogP contribution is -2.58. The third-order valence-corrected chi connectivity index (χ3v) is 3.41. The van der Waals surface area contributed by atoms with Crippen LogP contribution in [-0.4, -0.2) is 25.1 Å². The van der Waals surface area contributed by atoms with Crippen LogP contribution in [0.4, 0.5) is 0 Å². The third-order valence-electron chi connectivity index (χ3n) is 3.41. The van der Waals surface area contributed by atoms with Crippen molar-refractivity contribution in [1.82, 2.24) is 5.32 Å². The predicted molar refractivity (Wildman–Crippen MR) is 66.1 cm³/mol. The Bertz CT molecular complexity index is 408. The van der Waals surface area contributed by atoms with E-state index >= 15 is 0 Å². The number of hydrogen-bond donors (Lipinski definition) is 2. The van der Waals surface area contributed by atoms with E-state index in [4.69, 9.17) is 10.5 Å². The summed E-state index contributed by atoms with van der Waals surface area (Å²) in [4.78, 5) is 12.1. The summed E-state index contributed by atoms with van der Waals surface area (Å²) in [6.07, 6.45) is 3.08. The average Bonchev–Trinajstić information content (AvgIpc) is 2.33. The van der Waals surface area contributed by atoms with Gasteiger partial charge >= 0.3 is 0 Å². The molecule has 1 aromatic carbocycles. The van der Waals surface area contributed by atoms with Crippen molar-refractivity contribution in [3.05, 3.63) is 29.8 Å². The van der Waals surface area contributed by atoms with Crippen molar-refractivity contribution in [3.8, 4) is 5.75 Å². The minimum absolute atomic E-state index is 0.0750. The quantitative estimate of drug-likeness (QED) is 0.825. The van der Waals surface area contributed by atoms with Gasteiger partial charge in [0, 0.05) is 12.1 Å². The molecule has 4 nitrogen and oxygen atoms in total. The van der Waals surface area contributed by atoms with E-state index in [-0.39, 0.29) is 11.4 Å². The van der Waals surface area contributed by atoms with Crippen LogP contribution < -0.4 is 15.8 Å². The van der Waals surface area contributed by atoms with Gasteiger partial charge in [-0.15, -0.1) is 0 Å². The summed E-state index contributed by atoms with van der Waals surface area (Å²) in [7, 11) is 1.59. The van der Waals surface area contributed by atoms with Gasteiger partial charge in [-0.2, -0.15) is 0 Å². The monoisotopic (exact) mass is 234 g/mol. The zero-order valence-corrected chi connectivity index (χ0v) is 10.0. The van der Waals surface area contributed by atoms with Crippen LogP contribution in [0.1, 0.15) is 29.6 Å². The smallest absolute Gasteiger partial charge is 0.251 e. The van der Waals surface area contributed by atoms with E-state index in [9.17, 15) is 4.79 Å². The lowest BCUT2D eigenvalue weighted by Gasteiger charge is -2.41. The number of carbonyl (C=O) groups is 1. The lowest BCUT2D eigenvalue weighted by atomic mass is 9.76. The number of hydrogen-bond acceptors (Lipinski definition) is 3. The molecule has 0 spiro atoms. The fourth-order valence-corrected chi connectivity index (χ4v) is 2.06. The zero-order valence-electron chi connectivity index (χ0n) is 10.0. The number of ether oxygens (including phenoxy) is 1. The zero-order chi connectivity index (χ0) is 12.3. The Kier molecular flexibility index (Phi) is 3.33. The van der Waals surface area contributed by atoms with Gasteiger partial charge in [-0.1, -0.05) is 6.07 Å². The molecule has 0 unspecified atom stereocenters. The molecule has 0 heterocycles. The highest BCUT2D eigenvalue weighted by molar-refractivity contribution is 5.95. The van der Waals surface area contributed by atoms with Crippen LogP contribution in [0, 0.1) is 0 Å². The SMILES string of the molecule is COc1cccc(C(=O)NC2(CN)CCC2)c1. The summed E-state index contributed by atoms with van der Waals surface area (Å²) in [6.45, 7) is 0.503. The number of rotatable bonds is 4. The fourth-order valence-electron chi connectivity index (χ4n) is 2.06. The molecule has 2 rings (SSSR count). The molecule has 4 heteroatoms. The Morgan fingerprint density at radius 1 is 1.53 bits per heavy atom. The molecule has 0 aliphatic heterocycles. The molecule has 0 saturated heterocycles. The molecule has 1 saturated carbocycles. The number of benzene rings is 1. The standard InChI is InChI=1S/C13H18N2O2/c1-17-11-5-2-4-10(8-11)12(16)15-13(9-14)6-3-7-13/h2,4-5,8H,3,6-7,9,14H2,1H3,(H,15,16). The average molecular weight is 234 g/mol. The lowest BCUT2D eigenvalue weighted by molar-refractivity contribution is 0.0837. The highest BCUT2D eigenvalue weighted by Crippen LogP contribution is 2.31. The van der Waals surface area contributed by atoms with E-state index in [0.29, 0.717) is 17.9 Å². The van der Waals surface area contributed by atoms with Gasteiger partial charge in [0.2, 0.25) is 0 Å². The number of carbonyl (C=O) groups excluding carboxylic acids is 1. The number of methoxy groups -OCH3 is 1. The summed E-state index contributed by atoms with van der Waals surface area (Å²) >= 11 is 0. The summed E-state index contributed by atoms with van der Waals surface area (Å²) in [5, 5.41) is 3.03. The van der Waals surface area contributed by atoms with E-state index in [1.165, 1.54) is 0 Å². The highest BCUT2D eigenvalue weighted by Gasteiger charge is 2.37. The van der Waals surface area contributed by atoms with Crippen LogP contribution in [0.15, 0.2) is 24.3 Å². The van der Waals surface area contributed by atoms with Crippen molar-refractivity contribution < 1.29 is 9.53 Å². The van der Waals surface area contributed by atoms with Crippen molar-refractivity contribution >= 4 is 5.91 Å². The van der Waals surface area contributed by atoms with E-state index in [1.807, 2.05) is 12.1 Å². The minimum Gasteiger partial charge on any atom is -0.497 e. The second-order valence-electron chi connectivity index (χ2n) is 4.52. The first-order valence-corrected chi connectivity index (χ1v) is 5.86. The van der Waals surface area contributed by atoms with Gasteiger partial charge in [0.05, 0.1) is 12.6 Å². The molecule has 1 aliphatic carbocycles.